The van der Waals surface area contributed by atoms with Crippen LogP contribution in [-0.2, 0) is 11.0 Å². The fourth-order valence-electron chi connectivity index (χ4n) is 4.29. The Bertz CT molecular complexity index is 1180. The quantitative estimate of drug-likeness (QED) is 0.550. The van der Waals surface area contributed by atoms with Crippen molar-refractivity contribution >= 4 is 11.8 Å². The average molecular weight is 485 g/mol. The maximum absolute atomic E-state index is 13.6. The minimum atomic E-state index is -4.52. The number of nitrogens with zero attached hydrogens (tertiary/aromatic N) is 2. The van der Waals surface area contributed by atoms with Gasteiger partial charge in [0.05, 0.1) is 16.8 Å². The number of hydrogen-bond donors (Lipinski definition) is 2. The fourth-order valence-corrected chi connectivity index (χ4v) is 4.29. The number of alkyl halides is 3. The monoisotopic (exact) mass is 484 g/mol. The molecule has 184 valence electrons. The van der Waals surface area contributed by atoms with Crippen LogP contribution in [0.4, 0.5) is 13.2 Å². The van der Waals surface area contributed by atoms with Crippen LogP contribution in [0.2, 0.25) is 0 Å². The van der Waals surface area contributed by atoms with Crippen molar-refractivity contribution in [3.63, 3.8) is 0 Å². The first-order valence-electron chi connectivity index (χ1n) is 11.4. The minimum Gasteiger partial charge on any atom is -0.354 e. The fraction of sp³-hybridized carbons (Fsp3) is 0.308. The Morgan fingerprint density at radius 2 is 1.63 bits per heavy atom. The van der Waals surface area contributed by atoms with Gasteiger partial charge in [0.2, 0.25) is 5.91 Å². The Labute approximate surface area is 201 Å². The lowest BCUT2D eigenvalue weighted by Crippen LogP contribution is -2.49. The molecule has 0 atom stereocenters. The van der Waals surface area contributed by atoms with Gasteiger partial charge in [-0.05, 0) is 17.7 Å². The van der Waals surface area contributed by atoms with E-state index in [1.54, 1.807) is 30.0 Å². The second-order valence-corrected chi connectivity index (χ2v) is 8.48. The van der Waals surface area contributed by atoms with Crippen LogP contribution in [0.15, 0.2) is 60.7 Å². The van der Waals surface area contributed by atoms with Crippen LogP contribution >= 0.6 is 0 Å². The van der Waals surface area contributed by atoms with Crippen LogP contribution < -0.4 is 5.32 Å². The predicted molar refractivity (Wildman–Crippen MR) is 128 cm³/mol. The lowest BCUT2D eigenvalue weighted by atomic mass is 10.0. The summed E-state index contributed by atoms with van der Waals surface area (Å²) in [6, 6.07) is 15.8. The first kappa shape index (κ1) is 24.5. The number of piperazine rings is 1. The summed E-state index contributed by atoms with van der Waals surface area (Å²) in [5, 5.41) is 2.90. The number of benzene rings is 2. The molecule has 1 aromatic heterocycles. The van der Waals surface area contributed by atoms with E-state index in [1.165, 1.54) is 18.2 Å². The van der Waals surface area contributed by atoms with Gasteiger partial charge in [0, 0.05) is 57.4 Å². The van der Waals surface area contributed by atoms with Gasteiger partial charge in [0.25, 0.3) is 5.91 Å². The molecule has 2 amide bonds. The van der Waals surface area contributed by atoms with Crippen LogP contribution in [0.1, 0.15) is 22.8 Å². The van der Waals surface area contributed by atoms with E-state index in [9.17, 15) is 22.8 Å². The van der Waals surface area contributed by atoms with Gasteiger partial charge in [-0.2, -0.15) is 13.2 Å². The number of rotatable bonds is 6. The highest BCUT2D eigenvalue weighted by atomic mass is 19.4. The number of hydrogen-bond acceptors (Lipinski definition) is 3. The van der Waals surface area contributed by atoms with Crippen LogP contribution in [0.3, 0.4) is 0 Å². The van der Waals surface area contributed by atoms with Crippen molar-refractivity contribution < 1.29 is 22.8 Å². The molecule has 0 spiro atoms. The molecule has 6 nitrogen and oxygen atoms in total. The molecule has 35 heavy (non-hydrogen) atoms. The molecular formula is C26H27F3N4O2. The normalized spacial score (nSPS) is 14.7. The third kappa shape index (κ3) is 5.74. The van der Waals surface area contributed by atoms with Crippen molar-refractivity contribution in [3.05, 3.63) is 71.8 Å². The van der Waals surface area contributed by atoms with Crippen LogP contribution in [-0.4, -0.2) is 65.9 Å². The molecule has 1 fully saturated rings. The molecule has 0 radical (unpaired) electrons. The third-order valence-corrected chi connectivity index (χ3v) is 6.18. The third-order valence-electron chi connectivity index (χ3n) is 6.18. The summed E-state index contributed by atoms with van der Waals surface area (Å²) in [5.74, 6) is -0.306. The first-order valence-corrected chi connectivity index (χ1v) is 11.4. The summed E-state index contributed by atoms with van der Waals surface area (Å²) in [6.07, 6.45) is -4.52. The number of halogens is 3. The Kier molecular flexibility index (Phi) is 7.25. The number of nitrogens with one attached hydrogen (secondary N) is 2. The van der Waals surface area contributed by atoms with E-state index in [4.69, 9.17) is 0 Å². The molecule has 1 saturated heterocycles. The maximum atomic E-state index is 13.6. The summed E-state index contributed by atoms with van der Waals surface area (Å²) >= 11 is 0. The van der Waals surface area contributed by atoms with E-state index >= 15 is 0 Å². The number of carbonyl (C=O) groups excluding carboxylic acids is 2. The van der Waals surface area contributed by atoms with E-state index in [0.717, 1.165) is 19.2 Å². The lowest BCUT2D eigenvalue weighted by Gasteiger charge is -2.34. The standard InChI is InChI=1S/C26H27F3N4O2/c1-18(34)33-15-13-32(14-16-33)12-11-30-25(35)21-17-23(31-24(21)19-7-3-2-4-8-19)20-9-5-6-10-22(20)26(27,28)29/h2-10,17,31H,11-16H2,1H3,(H,30,35). The number of aromatic amines is 1. The van der Waals surface area contributed by atoms with Gasteiger partial charge in [0.1, 0.15) is 0 Å². The molecule has 1 aliphatic heterocycles. The van der Waals surface area contributed by atoms with E-state index in [0.29, 0.717) is 37.4 Å². The van der Waals surface area contributed by atoms with Crippen molar-refractivity contribution in [2.24, 2.45) is 0 Å². The van der Waals surface area contributed by atoms with Crippen LogP contribution in [0, 0.1) is 0 Å². The van der Waals surface area contributed by atoms with Gasteiger partial charge in [-0.25, -0.2) is 0 Å². The molecule has 4 rings (SSSR count). The molecule has 2 N–H and O–H groups in total. The molecule has 1 aliphatic rings. The first-order chi connectivity index (χ1) is 16.7. The molecule has 3 aromatic rings. The number of amides is 2. The zero-order valence-electron chi connectivity index (χ0n) is 19.4. The second kappa shape index (κ2) is 10.4. The van der Waals surface area contributed by atoms with Crippen LogP contribution in [0.25, 0.3) is 22.5 Å². The predicted octanol–water partition coefficient (Wildman–Crippen LogP) is 4.26. The van der Waals surface area contributed by atoms with E-state index < -0.39 is 11.7 Å². The molecule has 0 saturated carbocycles. The van der Waals surface area contributed by atoms with Crippen molar-refractivity contribution in [3.8, 4) is 22.5 Å². The topological polar surface area (TPSA) is 68.4 Å². The molecule has 2 heterocycles. The second-order valence-electron chi connectivity index (χ2n) is 8.48. The number of aromatic nitrogens is 1. The molecule has 2 aromatic carbocycles. The highest BCUT2D eigenvalue weighted by Crippen LogP contribution is 2.38. The van der Waals surface area contributed by atoms with Crippen molar-refractivity contribution in [2.45, 2.75) is 13.1 Å². The highest BCUT2D eigenvalue weighted by Gasteiger charge is 2.34. The highest BCUT2D eigenvalue weighted by molar-refractivity contribution is 6.01. The van der Waals surface area contributed by atoms with Crippen LogP contribution in [0.5, 0.6) is 0 Å². The zero-order chi connectivity index (χ0) is 25.0. The van der Waals surface area contributed by atoms with Gasteiger partial charge in [-0.3, -0.25) is 14.5 Å². The Morgan fingerprint density at radius 3 is 2.29 bits per heavy atom. The van der Waals surface area contributed by atoms with Gasteiger partial charge in [0.15, 0.2) is 0 Å². The summed E-state index contributed by atoms with van der Waals surface area (Å²) < 4.78 is 40.8. The maximum Gasteiger partial charge on any atom is 0.417 e. The lowest BCUT2D eigenvalue weighted by molar-refractivity contribution is -0.137. The largest absolute Gasteiger partial charge is 0.417 e. The molecule has 0 bridgehead atoms. The Balaban J connectivity index is 1.54. The Morgan fingerprint density at radius 1 is 0.971 bits per heavy atom. The molecule has 9 heteroatoms. The summed E-state index contributed by atoms with van der Waals surface area (Å²) in [7, 11) is 0. The SMILES string of the molecule is CC(=O)N1CCN(CCNC(=O)c2cc(-c3ccccc3C(F)(F)F)[nH]c2-c2ccccc2)CC1. The van der Waals surface area contributed by atoms with Crippen molar-refractivity contribution in [1.29, 1.82) is 0 Å². The number of carbonyl (C=O) groups is 2. The zero-order valence-corrected chi connectivity index (χ0v) is 19.4. The van der Waals surface area contributed by atoms with E-state index in [1.807, 2.05) is 18.2 Å². The summed E-state index contributed by atoms with van der Waals surface area (Å²) in [4.78, 5) is 31.6. The average Bonchev–Trinajstić information content (AvgIpc) is 3.30. The molecule has 0 aliphatic carbocycles. The van der Waals surface area contributed by atoms with E-state index in [-0.39, 0.29) is 28.6 Å². The molecular weight excluding hydrogens is 457 g/mol. The summed E-state index contributed by atoms with van der Waals surface area (Å²) in [5.41, 5.74) is 0.892. The smallest absolute Gasteiger partial charge is 0.354 e. The van der Waals surface area contributed by atoms with Gasteiger partial charge < -0.3 is 15.2 Å². The minimum absolute atomic E-state index is 0.0143. The molecule has 0 unspecified atom stereocenters. The van der Waals surface area contributed by atoms with Crippen molar-refractivity contribution in [1.82, 2.24) is 20.1 Å². The number of H-pyrrole nitrogens is 1. The van der Waals surface area contributed by atoms with E-state index in [2.05, 4.69) is 15.2 Å². The van der Waals surface area contributed by atoms with Gasteiger partial charge in [-0.1, -0.05) is 48.5 Å². The van der Waals surface area contributed by atoms with Crippen molar-refractivity contribution in [2.75, 3.05) is 39.3 Å². The van der Waals surface area contributed by atoms with Gasteiger partial charge >= 0.3 is 6.18 Å². The summed E-state index contributed by atoms with van der Waals surface area (Å²) in [6.45, 7) is 5.32. The Hall–Kier alpha value is -3.59. The van der Waals surface area contributed by atoms with Gasteiger partial charge in [-0.15, -0.1) is 0 Å².